The Hall–Kier alpha value is -3.11. The summed E-state index contributed by atoms with van der Waals surface area (Å²) < 4.78 is 58.9. The average molecular weight is 479 g/mol. The molecular weight excluding hydrogens is 451 g/mol. The summed E-state index contributed by atoms with van der Waals surface area (Å²) in [5, 5.41) is 3.13. The lowest BCUT2D eigenvalue weighted by Crippen LogP contribution is -2.30. The zero-order valence-corrected chi connectivity index (χ0v) is 19.2. The predicted octanol–water partition coefficient (Wildman–Crippen LogP) is 4.24. The van der Waals surface area contributed by atoms with Crippen LogP contribution in [0, 0.1) is 0 Å². The SMILES string of the molecule is CCOC(=O)C1=C(COCCN)Nc2ccnc(OC(C)C)c2C1c1ccccc1C(F)(F)F. The summed E-state index contributed by atoms with van der Waals surface area (Å²) in [4.78, 5) is 17.5. The third kappa shape index (κ3) is 5.51. The molecule has 0 amide bonds. The number of carbonyl (C=O) groups excluding carboxylic acids is 1. The first-order valence-electron chi connectivity index (χ1n) is 11.0. The third-order valence-electron chi connectivity index (χ3n) is 5.07. The Bertz CT molecular complexity index is 1050. The van der Waals surface area contributed by atoms with Crippen molar-refractivity contribution in [1.29, 1.82) is 0 Å². The van der Waals surface area contributed by atoms with Crippen LogP contribution in [0.5, 0.6) is 5.88 Å². The number of rotatable bonds is 9. The quantitative estimate of drug-likeness (QED) is 0.410. The van der Waals surface area contributed by atoms with E-state index >= 15 is 0 Å². The van der Waals surface area contributed by atoms with Crippen molar-refractivity contribution in [2.45, 2.75) is 39.0 Å². The summed E-state index contributed by atoms with van der Waals surface area (Å²) >= 11 is 0. The number of carbonyl (C=O) groups is 1. The first-order chi connectivity index (χ1) is 16.2. The van der Waals surface area contributed by atoms with Crippen molar-refractivity contribution in [1.82, 2.24) is 4.98 Å². The van der Waals surface area contributed by atoms with E-state index in [4.69, 9.17) is 19.9 Å². The number of hydrogen-bond acceptors (Lipinski definition) is 7. The van der Waals surface area contributed by atoms with Crippen molar-refractivity contribution in [3.05, 3.63) is 64.5 Å². The first kappa shape index (κ1) is 25.5. The van der Waals surface area contributed by atoms with E-state index in [-0.39, 0.29) is 49.5 Å². The first-order valence-corrected chi connectivity index (χ1v) is 11.0. The molecule has 0 spiro atoms. The maximum absolute atomic E-state index is 14.1. The molecule has 184 valence electrons. The number of halogens is 3. The van der Waals surface area contributed by atoms with Crippen LogP contribution < -0.4 is 15.8 Å². The number of hydrogen-bond donors (Lipinski definition) is 2. The van der Waals surface area contributed by atoms with E-state index in [1.807, 2.05) is 0 Å². The van der Waals surface area contributed by atoms with Gasteiger partial charge in [-0.1, -0.05) is 18.2 Å². The smallest absolute Gasteiger partial charge is 0.416 e. The lowest BCUT2D eigenvalue weighted by Gasteiger charge is -2.33. The van der Waals surface area contributed by atoms with Gasteiger partial charge in [0.15, 0.2) is 0 Å². The van der Waals surface area contributed by atoms with Gasteiger partial charge in [-0.2, -0.15) is 13.2 Å². The molecule has 34 heavy (non-hydrogen) atoms. The number of pyridine rings is 1. The summed E-state index contributed by atoms with van der Waals surface area (Å²) in [6.45, 7) is 5.61. The van der Waals surface area contributed by atoms with E-state index in [0.29, 0.717) is 16.9 Å². The Labute approximate surface area is 196 Å². The van der Waals surface area contributed by atoms with Crippen molar-refractivity contribution in [3.8, 4) is 5.88 Å². The zero-order chi connectivity index (χ0) is 24.9. The molecule has 0 aliphatic carbocycles. The van der Waals surface area contributed by atoms with Crippen molar-refractivity contribution >= 4 is 11.7 Å². The monoisotopic (exact) mass is 479 g/mol. The Morgan fingerprint density at radius 2 is 1.97 bits per heavy atom. The van der Waals surface area contributed by atoms with Crippen molar-refractivity contribution in [2.24, 2.45) is 5.73 Å². The highest BCUT2D eigenvalue weighted by molar-refractivity contribution is 5.95. The van der Waals surface area contributed by atoms with Crippen LogP contribution in [0.25, 0.3) is 0 Å². The van der Waals surface area contributed by atoms with E-state index in [2.05, 4.69) is 10.3 Å². The van der Waals surface area contributed by atoms with Gasteiger partial charge in [-0.05, 0) is 38.5 Å². The summed E-state index contributed by atoms with van der Waals surface area (Å²) in [5.41, 5.74) is 5.62. The van der Waals surface area contributed by atoms with Crippen LogP contribution in [0.2, 0.25) is 0 Å². The van der Waals surface area contributed by atoms with E-state index in [9.17, 15) is 18.0 Å². The second-order valence-corrected chi connectivity index (χ2v) is 7.84. The van der Waals surface area contributed by atoms with Gasteiger partial charge in [0, 0.05) is 24.0 Å². The molecule has 1 unspecified atom stereocenters. The normalized spacial score (nSPS) is 15.7. The number of nitrogens with two attached hydrogens (primary N) is 1. The minimum Gasteiger partial charge on any atom is -0.475 e. The molecule has 1 aromatic carbocycles. The topological polar surface area (TPSA) is 95.7 Å². The molecule has 1 aromatic heterocycles. The van der Waals surface area contributed by atoms with E-state index in [1.165, 1.54) is 24.4 Å². The number of esters is 1. The average Bonchev–Trinajstić information content (AvgIpc) is 2.77. The molecule has 10 heteroatoms. The van der Waals surface area contributed by atoms with Crippen LogP contribution >= 0.6 is 0 Å². The van der Waals surface area contributed by atoms with Gasteiger partial charge < -0.3 is 25.3 Å². The highest BCUT2D eigenvalue weighted by Crippen LogP contribution is 2.49. The summed E-state index contributed by atoms with van der Waals surface area (Å²) in [6.07, 6.45) is -3.47. The largest absolute Gasteiger partial charge is 0.475 e. The van der Waals surface area contributed by atoms with Gasteiger partial charge in [0.05, 0.1) is 48.7 Å². The molecule has 3 rings (SSSR count). The Balaban J connectivity index is 2.33. The number of benzene rings is 1. The molecule has 1 atom stereocenters. The number of ether oxygens (including phenoxy) is 3. The lowest BCUT2D eigenvalue weighted by atomic mass is 9.79. The van der Waals surface area contributed by atoms with Gasteiger partial charge in [-0.3, -0.25) is 0 Å². The summed E-state index contributed by atoms with van der Waals surface area (Å²) in [6, 6.07) is 6.77. The van der Waals surface area contributed by atoms with Gasteiger partial charge in [-0.25, -0.2) is 9.78 Å². The third-order valence-corrected chi connectivity index (χ3v) is 5.07. The number of anilines is 1. The number of aromatic nitrogens is 1. The maximum atomic E-state index is 14.1. The van der Waals surface area contributed by atoms with Gasteiger partial charge in [0.2, 0.25) is 5.88 Å². The van der Waals surface area contributed by atoms with Crippen molar-refractivity contribution in [3.63, 3.8) is 0 Å². The fourth-order valence-corrected chi connectivity index (χ4v) is 3.85. The van der Waals surface area contributed by atoms with Gasteiger partial charge in [0.1, 0.15) is 0 Å². The number of nitrogens with zero attached hydrogens (tertiary/aromatic N) is 1. The zero-order valence-electron chi connectivity index (χ0n) is 19.2. The molecule has 0 radical (unpaired) electrons. The predicted molar refractivity (Wildman–Crippen MR) is 120 cm³/mol. The van der Waals surface area contributed by atoms with Crippen molar-refractivity contribution in [2.75, 3.05) is 31.7 Å². The van der Waals surface area contributed by atoms with E-state index in [0.717, 1.165) is 6.07 Å². The maximum Gasteiger partial charge on any atom is 0.416 e. The van der Waals surface area contributed by atoms with E-state index in [1.54, 1.807) is 26.8 Å². The number of fused-ring (bicyclic) bond motifs is 1. The van der Waals surface area contributed by atoms with Crippen LogP contribution in [0.15, 0.2) is 47.8 Å². The van der Waals surface area contributed by atoms with Crippen LogP contribution in [-0.4, -0.2) is 43.4 Å². The Kier molecular flexibility index (Phi) is 8.16. The summed E-state index contributed by atoms with van der Waals surface area (Å²) in [7, 11) is 0. The molecule has 0 bridgehead atoms. The molecule has 2 aromatic rings. The molecule has 2 heterocycles. The van der Waals surface area contributed by atoms with Crippen LogP contribution in [0.1, 0.15) is 43.4 Å². The number of alkyl halides is 3. The molecular formula is C24H28F3N3O4. The summed E-state index contributed by atoms with van der Waals surface area (Å²) in [5.74, 6) is -1.79. The van der Waals surface area contributed by atoms with Crippen LogP contribution in [0.4, 0.5) is 18.9 Å². The molecule has 0 fully saturated rings. The molecule has 3 N–H and O–H groups in total. The van der Waals surface area contributed by atoms with Crippen LogP contribution in [0.3, 0.4) is 0 Å². The van der Waals surface area contributed by atoms with Gasteiger partial charge in [-0.15, -0.1) is 0 Å². The molecule has 0 saturated carbocycles. The van der Waals surface area contributed by atoms with E-state index < -0.39 is 23.6 Å². The fourth-order valence-electron chi connectivity index (χ4n) is 3.85. The minimum atomic E-state index is -4.65. The second kappa shape index (κ2) is 10.9. The molecule has 0 saturated heterocycles. The highest BCUT2D eigenvalue weighted by atomic mass is 19.4. The minimum absolute atomic E-state index is 0.00433. The standard InChI is InChI=1S/C24H28F3N3O4/c1-4-33-23(31)21-18(13-32-12-10-28)30-17-9-11-29-22(34-14(2)3)20(17)19(21)15-7-5-6-8-16(15)24(25,26)27/h5-9,11,14,19,30H,4,10,12-13,28H2,1-3H3. The van der Waals surface area contributed by atoms with Gasteiger partial charge in [0.25, 0.3) is 0 Å². The second-order valence-electron chi connectivity index (χ2n) is 7.84. The van der Waals surface area contributed by atoms with Gasteiger partial charge >= 0.3 is 12.1 Å². The molecule has 1 aliphatic heterocycles. The molecule has 7 nitrogen and oxygen atoms in total. The number of nitrogens with one attached hydrogen (secondary N) is 1. The fraction of sp³-hybridized carbons (Fsp3) is 0.417. The molecule has 1 aliphatic rings. The Morgan fingerprint density at radius 3 is 2.62 bits per heavy atom. The Morgan fingerprint density at radius 1 is 1.24 bits per heavy atom. The highest BCUT2D eigenvalue weighted by Gasteiger charge is 2.42. The van der Waals surface area contributed by atoms with Crippen molar-refractivity contribution < 1.29 is 32.2 Å². The van der Waals surface area contributed by atoms with Crippen LogP contribution in [-0.2, 0) is 20.4 Å². The lowest BCUT2D eigenvalue weighted by molar-refractivity contribution is -0.140.